The molecule has 0 aliphatic heterocycles. The molecule has 0 aromatic carbocycles. The van der Waals surface area contributed by atoms with E-state index in [-0.39, 0.29) is 5.88 Å². The summed E-state index contributed by atoms with van der Waals surface area (Å²) in [6.07, 6.45) is -3.41. The van der Waals surface area contributed by atoms with E-state index in [9.17, 15) is 13.2 Å². The average molecular weight is 262 g/mol. The van der Waals surface area contributed by atoms with E-state index in [4.69, 9.17) is 4.74 Å². The molecule has 0 spiro atoms. The first-order chi connectivity index (χ1) is 8.43. The zero-order chi connectivity index (χ0) is 13.6. The van der Waals surface area contributed by atoms with Gasteiger partial charge in [-0.2, -0.15) is 13.2 Å². The summed E-state index contributed by atoms with van der Waals surface area (Å²) >= 11 is 0. The van der Waals surface area contributed by atoms with E-state index in [2.05, 4.69) is 11.9 Å². The van der Waals surface area contributed by atoms with Gasteiger partial charge in [-0.05, 0) is 26.1 Å². The zero-order valence-electron chi connectivity index (χ0n) is 10.5. The summed E-state index contributed by atoms with van der Waals surface area (Å²) in [5.41, 5.74) is -0.929. The standard InChI is InChI=1S/C12H17F3N2O/c1-3-7-17(2)8-9-18-11-6-4-5-10(16-11)12(13,14)15/h4-6H,3,7-9H2,1-2H3. The molecular weight excluding hydrogens is 245 g/mol. The molecule has 0 N–H and O–H groups in total. The van der Waals surface area contributed by atoms with Crippen molar-refractivity contribution in [3.05, 3.63) is 23.9 Å². The molecule has 18 heavy (non-hydrogen) atoms. The fourth-order valence-corrected chi connectivity index (χ4v) is 1.45. The molecule has 0 bridgehead atoms. The molecule has 0 atom stereocenters. The molecule has 0 aliphatic rings. The van der Waals surface area contributed by atoms with Crippen LogP contribution in [-0.2, 0) is 6.18 Å². The van der Waals surface area contributed by atoms with Crippen LogP contribution in [0.2, 0.25) is 0 Å². The van der Waals surface area contributed by atoms with Gasteiger partial charge >= 0.3 is 6.18 Å². The quantitative estimate of drug-likeness (QED) is 0.788. The second-order valence-electron chi connectivity index (χ2n) is 4.01. The number of nitrogens with zero attached hydrogens (tertiary/aromatic N) is 2. The maximum atomic E-state index is 12.4. The summed E-state index contributed by atoms with van der Waals surface area (Å²) in [6.45, 7) is 3.97. The van der Waals surface area contributed by atoms with Crippen LogP contribution in [0, 0.1) is 0 Å². The van der Waals surface area contributed by atoms with Crippen LogP contribution in [-0.4, -0.2) is 36.6 Å². The van der Waals surface area contributed by atoms with Crippen molar-refractivity contribution in [2.75, 3.05) is 26.7 Å². The monoisotopic (exact) mass is 262 g/mol. The van der Waals surface area contributed by atoms with Crippen molar-refractivity contribution in [1.29, 1.82) is 0 Å². The number of likely N-dealkylation sites (N-methyl/N-ethyl adjacent to an activating group) is 1. The summed E-state index contributed by atoms with van der Waals surface area (Å²) in [5.74, 6) is 0.00900. The maximum Gasteiger partial charge on any atom is 0.433 e. The number of halogens is 3. The third-order valence-electron chi connectivity index (χ3n) is 2.34. The van der Waals surface area contributed by atoms with E-state index in [1.165, 1.54) is 12.1 Å². The second kappa shape index (κ2) is 6.58. The van der Waals surface area contributed by atoms with E-state index in [0.29, 0.717) is 13.2 Å². The molecule has 0 saturated carbocycles. The Morgan fingerprint density at radius 1 is 1.28 bits per heavy atom. The van der Waals surface area contributed by atoms with Gasteiger partial charge in [-0.15, -0.1) is 0 Å². The lowest BCUT2D eigenvalue weighted by atomic mass is 10.3. The largest absolute Gasteiger partial charge is 0.476 e. The number of aromatic nitrogens is 1. The topological polar surface area (TPSA) is 25.4 Å². The zero-order valence-corrected chi connectivity index (χ0v) is 10.5. The van der Waals surface area contributed by atoms with E-state index in [1.807, 2.05) is 11.9 Å². The molecule has 1 heterocycles. The van der Waals surface area contributed by atoms with Crippen molar-refractivity contribution >= 4 is 0 Å². The van der Waals surface area contributed by atoms with Gasteiger partial charge in [-0.1, -0.05) is 13.0 Å². The molecule has 3 nitrogen and oxygen atoms in total. The molecule has 1 aromatic rings. The van der Waals surface area contributed by atoms with Crippen LogP contribution >= 0.6 is 0 Å². The third-order valence-corrected chi connectivity index (χ3v) is 2.34. The van der Waals surface area contributed by atoms with Crippen LogP contribution in [0.5, 0.6) is 5.88 Å². The summed E-state index contributed by atoms with van der Waals surface area (Å²) in [7, 11) is 1.94. The highest BCUT2D eigenvalue weighted by Crippen LogP contribution is 2.28. The van der Waals surface area contributed by atoms with Crippen molar-refractivity contribution in [3.8, 4) is 5.88 Å². The van der Waals surface area contributed by atoms with Crippen LogP contribution in [0.3, 0.4) is 0 Å². The van der Waals surface area contributed by atoms with Crippen LogP contribution in [0.4, 0.5) is 13.2 Å². The summed E-state index contributed by atoms with van der Waals surface area (Å²) in [6, 6.07) is 3.64. The highest BCUT2D eigenvalue weighted by molar-refractivity contribution is 5.17. The van der Waals surface area contributed by atoms with E-state index < -0.39 is 11.9 Å². The summed E-state index contributed by atoms with van der Waals surface area (Å²) < 4.78 is 42.4. The highest BCUT2D eigenvalue weighted by atomic mass is 19.4. The van der Waals surface area contributed by atoms with Gasteiger partial charge in [-0.25, -0.2) is 4.98 Å². The highest BCUT2D eigenvalue weighted by Gasteiger charge is 2.32. The number of hydrogen-bond donors (Lipinski definition) is 0. The van der Waals surface area contributed by atoms with Gasteiger partial charge in [0.1, 0.15) is 12.3 Å². The molecular formula is C12H17F3N2O. The number of alkyl halides is 3. The predicted octanol–water partition coefficient (Wildman–Crippen LogP) is 2.82. The number of ether oxygens (including phenoxy) is 1. The first-order valence-electron chi connectivity index (χ1n) is 5.79. The summed E-state index contributed by atoms with van der Waals surface area (Å²) in [5, 5.41) is 0. The van der Waals surface area contributed by atoms with Crippen molar-refractivity contribution in [1.82, 2.24) is 9.88 Å². The van der Waals surface area contributed by atoms with Gasteiger partial charge in [-0.3, -0.25) is 0 Å². The Hall–Kier alpha value is -1.30. The van der Waals surface area contributed by atoms with E-state index >= 15 is 0 Å². The first-order valence-corrected chi connectivity index (χ1v) is 5.79. The SMILES string of the molecule is CCCN(C)CCOc1cccc(C(F)(F)F)n1. The Balaban J connectivity index is 2.48. The van der Waals surface area contributed by atoms with Crippen molar-refractivity contribution < 1.29 is 17.9 Å². The Morgan fingerprint density at radius 3 is 2.61 bits per heavy atom. The lowest BCUT2D eigenvalue weighted by molar-refractivity contribution is -0.141. The Bertz CT molecular complexity index is 369. The molecule has 0 saturated heterocycles. The number of pyridine rings is 1. The van der Waals surface area contributed by atoms with Crippen LogP contribution < -0.4 is 4.74 Å². The van der Waals surface area contributed by atoms with E-state index in [1.54, 1.807) is 0 Å². The maximum absolute atomic E-state index is 12.4. The van der Waals surface area contributed by atoms with Crippen molar-refractivity contribution in [2.24, 2.45) is 0 Å². The molecule has 6 heteroatoms. The van der Waals surface area contributed by atoms with E-state index in [0.717, 1.165) is 19.0 Å². The van der Waals surface area contributed by atoms with Crippen LogP contribution in [0.15, 0.2) is 18.2 Å². The van der Waals surface area contributed by atoms with Crippen LogP contribution in [0.25, 0.3) is 0 Å². The first kappa shape index (κ1) is 14.8. The fourth-order valence-electron chi connectivity index (χ4n) is 1.45. The molecule has 0 fully saturated rings. The molecule has 0 radical (unpaired) electrons. The van der Waals surface area contributed by atoms with Gasteiger partial charge < -0.3 is 9.64 Å². The smallest absolute Gasteiger partial charge is 0.433 e. The van der Waals surface area contributed by atoms with Gasteiger partial charge in [0.25, 0.3) is 0 Å². The lowest BCUT2D eigenvalue weighted by Gasteiger charge is -2.15. The van der Waals surface area contributed by atoms with Crippen molar-refractivity contribution in [2.45, 2.75) is 19.5 Å². The normalized spacial score (nSPS) is 11.9. The van der Waals surface area contributed by atoms with Gasteiger partial charge in [0.05, 0.1) is 0 Å². The fraction of sp³-hybridized carbons (Fsp3) is 0.583. The Morgan fingerprint density at radius 2 is 2.00 bits per heavy atom. The van der Waals surface area contributed by atoms with Gasteiger partial charge in [0.15, 0.2) is 0 Å². The minimum atomic E-state index is -4.43. The summed E-state index contributed by atoms with van der Waals surface area (Å²) in [4.78, 5) is 5.47. The van der Waals surface area contributed by atoms with Gasteiger partial charge in [0, 0.05) is 12.6 Å². The number of hydrogen-bond acceptors (Lipinski definition) is 3. The molecule has 1 rings (SSSR count). The lowest BCUT2D eigenvalue weighted by Crippen LogP contribution is -2.25. The second-order valence-corrected chi connectivity index (χ2v) is 4.01. The average Bonchev–Trinajstić information content (AvgIpc) is 2.29. The number of rotatable bonds is 6. The predicted molar refractivity (Wildman–Crippen MR) is 62.5 cm³/mol. The molecule has 0 amide bonds. The Labute approximate surface area is 105 Å². The van der Waals surface area contributed by atoms with Gasteiger partial charge in [0.2, 0.25) is 5.88 Å². The third kappa shape index (κ3) is 4.91. The molecule has 102 valence electrons. The Kier molecular flexibility index (Phi) is 5.40. The molecule has 0 unspecified atom stereocenters. The minimum absolute atomic E-state index is 0.00900. The minimum Gasteiger partial charge on any atom is -0.476 e. The van der Waals surface area contributed by atoms with Crippen molar-refractivity contribution in [3.63, 3.8) is 0 Å². The van der Waals surface area contributed by atoms with Crippen LogP contribution in [0.1, 0.15) is 19.0 Å². The molecule has 1 aromatic heterocycles. The molecule has 0 aliphatic carbocycles.